The first-order chi connectivity index (χ1) is 15.8. The molecule has 0 aliphatic carbocycles. The molecule has 0 saturated heterocycles. The van der Waals surface area contributed by atoms with Crippen LogP contribution in [0.15, 0.2) is 12.5 Å². The number of carbonyl (C=O) groups excluding carboxylic acids is 4. The number of primary amides is 1. The molecule has 0 bridgehead atoms. The molecular weight excluding hydrogens is 446 g/mol. The van der Waals surface area contributed by atoms with Crippen molar-refractivity contribution in [3.05, 3.63) is 18.2 Å². The average molecular weight is 482 g/mol. The van der Waals surface area contributed by atoms with E-state index in [1.165, 1.54) is 12.5 Å². The Bertz CT molecular complexity index is 856. The Morgan fingerprint density at radius 2 is 1.62 bits per heavy atom. The normalized spacial score (nSPS) is 14.7. The molecule has 4 unspecified atom stereocenters. The van der Waals surface area contributed by atoms with Gasteiger partial charge in [0.2, 0.25) is 23.6 Å². The molecule has 1 heterocycles. The highest BCUT2D eigenvalue weighted by Crippen LogP contribution is 2.09. The van der Waals surface area contributed by atoms with E-state index in [2.05, 4.69) is 25.9 Å². The number of nitrogens with one attached hydrogen (secondary N) is 4. The zero-order valence-corrected chi connectivity index (χ0v) is 19.8. The number of carboxylic acids is 1. The number of aliphatic carboxylic acids is 1. The number of aromatic amines is 1. The van der Waals surface area contributed by atoms with Gasteiger partial charge in [-0.05, 0) is 18.3 Å². The molecule has 0 aromatic carbocycles. The molecule has 1 rings (SSSR count). The fourth-order valence-corrected chi connectivity index (χ4v) is 3.16. The first kappa shape index (κ1) is 28.6. The minimum atomic E-state index is -1.25. The van der Waals surface area contributed by atoms with Crippen molar-refractivity contribution in [1.82, 2.24) is 25.9 Å². The van der Waals surface area contributed by atoms with E-state index in [0.29, 0.717) is 5.69 Å². The highest BCUT2D eigenvalue weighted by Gasteiger charge is 2.32. The first-order valence-electron chi connectivity index (χ1n) is 11.0. The Morgan fingerprint density at radius 1 is 1.00 bits per heavy atom. The van der Waals surface area contributed by atoms with E-state index in [-0.39, 0.29) is 25.2 Å². The maximum absolute atomic E-state index is 13.0. The number of rotatable bonds is 14. The highest BCUT2D eigenvalue weighted by molar-refractivity contribution is 5.95. The van der Waals surface area contributed by atoms with Crippen LogP contribution in [-0.4, -0.2) is 68.8 Å². The summed E-state index contributed by atoms with van der Waals surface area (Å²) in [4.78, 5) is 67.5. The third kappa shape index (κ3) is 9.57. The maximum atomic E-state index is 13.0. The number of imidazole rings is 1. The lowest BCUT2D eigenvalue weighted by Crippen LogP contribution is -2.59. The van der Waals surface area contributed by atoms with Crippen LogP contribution in [0.5, 0.6) is 0 Å². The standard InChI is InChI=1S/C21H35N7O6/c1-10(2)5-14(26-18(30)13(22)7-16(23)29)19(31)28-17(11(3)4)20(32)27-15(21(33)34)6-12-8-24-9-25-12/h8-11,13-15,17H,5-7,22H2,1-4H3,(H2,23,29)(H,24,25)(H,26,30)(H,27,32)(H,28,31)(H,33,34). The van der Waals surface area contributed by atoms with Crippen molar-refractivity contribution in [2.75, 3.05) is 0 Å². The molecule has 0 aliphatic heterocycles. The molecule has 13 heteroatoms. The molecule has 0 aliphatic rings. The summed E-state index contributed by atoms with van der Waals surface area (Å²) in [6.45, 7) is 7.06. The van der Waals surface area contributed by atoms with E-state index in [0.717, 1.165) is 0 Å². The second-order valence-electron chi connectivity index (χ2n) is 8.88. The van der Waals surface area contributed by atoms with Gasteiger partial charge in [-0.15, -0.1) is 0 Å². The van der Waals surface area contributed by atoms with Crippen LogP contribution in [0, 0.1) is 11.8 Å². The van der Waals surface area contributed by atoms with Gasteiger partial charge in [0.1, 0.15) is 18.1 Å². The second kappa shape index (κ2) is 13.3. The number of hydrogen-bond donors (Lipinski definition) is 7. The third-order valence-corrected chi connectivity index (χ3v) is 4.94. The molecule has 1 aromatic rings. The number of hydrogen-bond acceptors (Lipinski definition) is 7. The van der Waals surface area contributed by atoms with E-state index >= 15 is 0 Å². The molecule has 0 spiro atoms. The predicted molar refractivity (Wildman–Crippen MR) is 122 cm³/mol. The van der Waals surface area contributed by atoms with Crippen LogP contribution in [-0.2, 0) is 30.4 Å². The first-order valence-corrected chi connectivity index (χ1v) is 11.0. The van der Waals surface area contributed by atoms with E-state index < -0.39 is 59.7 Å². The van der Waals surface area contributed by atoms with Gasteiger partial charge < -0.3 is 37.5 Å². The van der Waals surface area contributed by atoms with Crippen LogP contribution >= 0.6 is 0 Å². The van der Waals surface area contributed by atoms with Crippen molar-refractivity contribution in [2.24, 2.45) is 23.3 Å². The zero-order chi connectivity index (χ0) is 26.0. The molecule has 1 aromatic heterocycles. The minimum Gasteiger partial charge on any atom is -0.480 e. The number of aromatic nitrogens is 2. The van der Waals surface area contributed by atoms with Crippen molar-refractivity contribution in [3.8, 4) is 0 Å². The largest absolute Gasteiger partial charge is 0.480 e. The topological polar surface area (TPSA) is 222 Å². The smallest absolute Gasteiger partial charge is 0.326 e. The maximum Gasteiger partial charge on any atom is 0.326 e. The number of amides is 4. The number of nitrogens with zero attached hydrogens (tertiary/aromatic N) is 1. The van der Waals surface area contributed by atoms with Gasteiger partial charge in [-0.3, -0.25) is 19.2 Å². The molecule has 34 heavy (non-hydrogen) atoms. The quantitative estimate of drug-likeness (QED) is 0.163. The average Bonchev–Trinajstić information content (AvgIpc) is 3.22. The SMILES string of the molecule is CC(C)CC(NC(=O)C(N)CC(N)=O)C(=O)NC(C(=O)NC(Cc1cnc[nH]1)C(=O)O)C(C)C. The molecule has 190 valence electrons. The van der Waals surface area contributed by atoms with E-state index in [4.69, 9.17) is 11.5 Å². The van der Waals surface area contributed by atoms with Crippen molar-refractivity contribution in [2.45, 2.75) is 71.1 Å². The van der Waals surface area contributed by atoms with E-state index in [1.54, 1.807) is 13.8 Å². The summed E-state index contributed by atoms with van der Waals surface area (Å²) < 4.78 is 0. The van der Waals surface area contributed by atoms with Crippen LogP contribution in [0.2, 0.25) is 0 Å². The molecule has 4 atom stereocenters. The van der Waals surface area contributed by atoms with E-state index in [1.807, 2.05) is 13.8 Å². The Kier molecular flexibility index (Phi) is 11.2. The van der Waals surface area contributed by atoms with Crippen LogP contribution in [0.4, 0.5) is 0 Å². The van der Waals surface area contributed by atoms with Crippen LogP contribution in [0.25, 0.3) is 0 Å². The van der Waals surface area contributed by atoms with Crippen LogP contribution < -0.4 is 27.4 Å². The van der Waals surface area contributed by atoms with Crippen molar-refractivity contribution in [3.63, 3.8) is 0 Å². The lowest BCUT2D eigenvalue weighted by atomic mass is 9.99. The number of nitrogens with two attached hydrogens (primary N) is 2. The van der Waals surface area contributed by atoms with Crippen molar-refractivity contribution >= 4 is 29.6 Å². The summed E-state index contributed by atoms with van der Waals surface area (Å²) in [6, 6.07) is -4.56. The second-order valence-corrected chi connectivity index (χ2v) is 8.88. The molecular formula is C21H35N7O6. The molecule has 0 saturated carbocycles. The Balaban J connectivity index is 2.94. The van der Waals surface area contributed by atoms with Gasteiger partial charge in [0.15, 0.2) is 0 Å². The van der Waals surface area contributed by atoms with E-state index in [9.17, 15) is 29.1 Å². The van der Waals surface area contributed by atoms with Crippen LogP contribution in [0.1, 0.15) is 46.2 Å². The van der Waals surface area contributed by atoms with Gasteiger partial charge in [0, 0.05) is 18.3 Å². The summed E-state index contributed by atoms with van der Waals surface area (Å²) in [5.74, 6) is -4.44. The summed E-state index contributed by atoms with van der Waals surface area (Å²) in [5, 5.41) is 17.0. The van der Waals surface area contributed by atoms with Crippen LogP contribution in [0.3, 0.4) is 0 Å². The number of H-pyrrole nitrogens is 1. The summed E-state index contributed by atoms with van der Waals surface area (Å²) in [7, 11) is 0. The number of carbonyl (C=O) groups is 5. The zero-order valence-electron chi connectivity index (χ0n) is 19.8. The fraction of sp³-hybridized carbons (Fsp3) is 0.619. The van der Waals surface area contributed by atoms with Gasteiger partial charge >= 0.3 is 5.97 Å². The lowest BCUT2D eigenvalue weighted by molar-refractivity contribution is -0.142. The van der Waals surface area contributed by atoms with Gasteiger partial charge in [-0.1, -0.05) is 27.7 Å². The monoisotopic (exact) mass is 481 g/mol. The summed E-state index contributed by atoms with van der Waals surface area (Å²) in [5.41, 5.74) is 11.2. The number of carboxylic acid groups (broad SMARTS) is 1. The molecule has 0 fully saturated rings. The van der Waals surface area contributed by atoms with Crippen molar-refractivity contribution < 1.29 is 29.1 Å². The highest BCUT2D eigenvalue weighted by atomic mass is 16.4. The predicted octanol–water partition coefficient (Wildman–Crippen LogP) is -1.60. The third-order valence-electron chi connectivity index (χ3n) is 4.94. The fourth-order valence-electron chi connectivity index (χ4n) is 3.16. The van der Waals surface area contributed by atoms with Crippen molar-refractivity contribution in [1.29, 1.82) is 0 Å². The molecule has 4 amide bonds. The molecule has 13 nitrogen and oxygen atoms in total. The van der Waals surface area contributed by atoms with Gasteiger partial charge in [-0.25, -0.2) is 9.78 Å². The van der Waals surface area contributed by atoms with Gasteiger partial charge in [-0.2, -0.15) is 0 Å². The molecule has 0 radical (unpaired) electrons. The Labute approximate surface area is 197 Å². The minimum absolute atomic E-state index is 0.000498. The van der Waals surface area contributed by atoms with Gasteiger partial charge in [0.25, 0.3) is 0 Å². The summed E-state index contributed by atoms with van der Waals surface area (Å²) in [6.07, 6.45) is 2.68. The van der Waals surface area contributed by atoms with Gasteiger partial charge in [0.05, 0.1) is 18.8 Å². The lowest BCUT2D eigenvalue weighted by Gasteiger charge is -2.27. The molecule has 9 N–H and O–H groups in total. The summed E-state index contributed by atoms with van der Waals surface area (Å²) >= 11 is 0. The Morgan fingerprint density at radius 3 is 2.09 bits per heavy atom. The Hall–Kier alpha value is -3.48.